The van der Waals surface area contributed by atoms with E-state index in [1.807, 2.05) is 0 Å². The molecule has 0 bridgehead atoms. The van der Waals surface area contributed by atoms with E-state index in [2.05, 4.69) is 20.9 Å². The largest absolute Gasteiger partial charge is 0.381 e. The van der Waals surface area contributed by atoms with Gasteiger partial charge in [-0.1, -0.05) is 12.1 Å². The van der Waals surface area contributed by atoms with E-state index in [4.69, 9.17) is 4.74 Å². The Morgan fingerprint density at radius 2 is 2.04 bits per heavy atom. The van der Waals surface area contributed by atoms with E-state index in [0.717, 1.165) is 32.1 Å². The zero-order valence-electron chi connectivity index (χ0n) is 14.7. The Bertz CT molecular complexity index is 575. The van der Waals surface area contributed by atoms with E-state index >= 15 is 0 Å². The molecule has 138 valence electrons. The molecule has 0 atom stereocenters. The van der Waals surface area contributed by atoms with Crippen molar-refractivity contribution in [3.8, 4) is 0 Å². The van der Waals surface area contributed by atoms with Crippen LogP contribution in [0.2, 0.25) is 0 Å². The molecule has 1 aliphatic rings. The average Bonchev–Trinajstić information content (AvgIpc) is 3.44. The summed E-state index contributed by atoms with van der Waals surface area (Å²) in [5.41, 5.74) is 0.598. The molecule has 0 aromatic heterocycles. The summed E-state index contributed by atoms with van der Waals surface area (Å²) in [6.45, 7) is 3.60. The van der Waals surface area contributed by atoms with Crippen LogP contribution >= 0.6 is 0 Å². The number of aliphatic imine (C=N–C) groups is 1. The molecule has 3 N–H and O–H groups in total. The fraction of sp³-hybridized carbons (Fsp3) is 0.588. The fourth-order valence-electron chi connectivity index (χ4n) is 2.30. The van der Waals surface area contributed by atoms with Gasteiger partial charge in [0.25, 0.3) is 5.69 Å². The summed E-state index contributed by atoms with van der Waals surface area (Å²) in [4.78, 5) is 14.7. The van der Waals surface area contributed by atoms with Gasteiger partial charge >= 0.3 is 0 Å². The maximum Gasteiger partial charge on any atom is 0.292 e. The molecule has 1 aromatic carbocycles. The van der Waals surface area contributed by atoms with E-state index in [1.54, 1.807) is 25.2 Å². The SMILES string of the molecule is CN=C(NCCCOCC1CC1)NCCNc1ccccc1[N+](=O)[O-]. The Morgan fingerprint density at radius 1 is 1.28 bits per heavy atom. The maximum atomic E-state index is 11.0. The molecule has 8 nitrogen and oxygen atoms in total. The predicted molar refractivity (Wildman–Crippen MR) is 99.1 cm³/mol. The van der Waals surface area contributed by atoms with Crippen molar-refractivity contribution >= 4 is 17.3 Å². The molecular weight excluding hydrogens is 322 g/mol. The normalized spacial score (nSPS) is 14.2. The number of para-hydroxylation sites is 2. The Labute approximate surface area is 148 Å². The van der Waals surface area contributed by atoms with Crippen LogP contribution in [0.1, 0.15) is 19.3 Å². The van der Waals surface area contributed by atoms with Gasteiger partial charge in [-0.2, -0.15) is 0 Å². The van der Waals surface area contributed by atoms with Gasteiger partial charge in [0.1, 0.15) is 5.69 Å². The number of nitro groups is 1. The highest BCUT2D eigenvalue weighted by Crippen LogP contribution is 2.28. The van der Waals surface area contributed by atoms with E-state index in [-0.39, 0.29) is 10.6 Å². The van der Waals surface area contributed by atoms with Crippen LogP contribution in [0.4, 0.5) is 11.4 Å². The number of rotatable bonds is 11. The van der Waals surface area contributed by atoms with Crippen LogP contribution in [0.25, 0.3) is 0 Å². The van der Waals surface area contributed by atoms with Gasteiger partial charge in [0.05, 0.1) is 4.92 Å². The quantitative estimate of drug-likeness (QED) is 0.186. The summed E-state index contributed by atoms with van der Waals surface area (Å²) in [7, 11) is 1.72. The van der Waals surface area contributed by atoms with Crippen LogP contribution in [0.5, 0.6) is 0 Å². The van der Waals surface area contributed by atoms with Crippen molar-refractivity contribution in [2.75, 3.05) is 45.2 Å². The smallest absolute Gasteiger partial charge is 0.292 e. The summed E-state index contributed by atoms with van der Waals surface area (Å²) in [5, 5.41) is 20.4. The first-order valence-electron chi connectivity index (χ1n) is 8.70. The third kappa shape index (κ3) is 7.38. The Balaban J connectivity index is 1.57. The lowest BCUT2D eigenvalue weighted by Gasteiger charge is -2.13. The van der Waals surface area contributed by atoms with Crippen molar-refractivity contribution in [3.05, 3.63) is 34.4 Å². The van der Waals surface area contributed by atoms with Crippen LogP contribution < -0.4 is 16.0 Å². The average molecular weight is 349 g/mol. The zero-order valence-corrected chi connectivity index (χ0v) is 14.7. The number of hydrogen-bond acceptors (Lipinski definition) is 5. The molecule has 0 amide bonds. The number of anilines is 1. The van der Waals surface area contributed by atoms with E-state index in [1.165, 1.54) is 18.9 Å². The minimum absolute atomic E-state index is 0.0798. The summed E-state index contributed by atoms with van der Waals surface area (Å²) in [6.07, 6.45) is 3.56. The summed E-state index contributed by atoms with van der Waals surface area (Å²) >= 11 is 0. The molecular formula is C17H27N5O3. The van der Waals surface area contributed by atoms with Crippen LogP contribution in [0.3, 0.4) is 0 Å². The van der Waals surface area contributed by atoms with Gasteiger partial charge in [0.15, 0.2) is 5.96 Å². The second-order valence-corrected chi connectivity index (χ2v) is 6.00. The highest BCUT2D eigenvalue weighted by Gasteiger charge is 2.20. The minimum Gasteiger partial charge on any atom is -0.381 e. The number of guanidine groups is 1. The number of nitro benzene ring substituents is 1. The van der Waals surface area contributed by atoms with Gasteiger partial charge in [-0.25, -0.2) is 0 Å². The molecule has 2 rings (SSSR count). The van der Waals surface area contributed by atoms with Gasteiger partial charge in [-0.3, -0.25) is 15.1 Å². The summed E-state index contributed by atoms with van der Waals surface area (Å²) in [6, 6.07) is 6.62. The zero-order chi connectivity index (χ0) is 17.9. The van der Waals surface area contributed by atoms with Crippen molar-refractivity contribution in [1.82, 2.24) is 10.6 Å². The second kappa shape index (κ2) is 10.5. The summed E-state index contributed by atoms with van der Waals surface area (Å²) in [5.74, 6) is 1.52. The van der Waals surface area contributed by atoms with E-state index < -0.39 is 0 Å². The summed E-state index contributed by atoms with van der Waals surface area (Å²) < 4.78 is 5.59. The number of nitrogens with one attached hydrogen (secondary N) is 3. The monoisotopic (exact) mass is 349 g/mol. The predicted octanol–water partition coefficient (Wildman–Crippen LogP) is 1.99. The third-order valence-electron chi connectivity index (χ3n) is 3.87. The Hall–Kier alpha value is -2.35. The number of ether oxygens (including phenoxy) is 1. The number of hydrogen-bond donors (Lipinski definition) is 3. The molecule has 8 heteroatoms. The standard InChI is InChI=1S/C17H27N5O3/c1-18-17(20-9-4-12-25-13-14-7-8-14)21-11-10-19-15-5-2-3-6-16(15)22(23)24/h2-3,5-6,14,19H,4,7-13H2,1H3,(H2,18,20,21). The van der Waals surface area contributed by atoms with Gasteiger partial charge in [-0.15, -0.1) is 0 Å². The van der Waals surface area contributed by atoms with Gasteiger partial charge in [0, 0.05) is 46.0 Å². The minimum atomic E-state index is -0.387. The van der Waals surface area contributed by atoms with Crippen molar-refractivity contribution < 1.29 is 9.66 Å². The van der Waals surface area contributed by atoms with E-state index in [9.17, 15) is 10.1 Å². The van der Waals surface area contributed by atoms with Crippen LogP contribution in [0.15, 0.2) is 29.3 Å². The molecule has 0 unspecified atom stereocenters. The molecule has 0 heterocycles. The Morgan fingerprint density at radius 3 is 2.76 bits per heavy atom. The third-order valence-corrected chi connectivity index (χ3v) is 3.87. The van der Waals surface area contributed by atoms with Gasteiger partial charge in [-0.05, 0) is 31.2 Å². The lowest BCUT2D eigenvalue weighted by molar-refractivity contribution is -0.384. The van der Waals surface area contributed by atoms with Crippen LogP contribution in [0, 0.1) is 16.0 Å². The maximum absolute atomic E-state index is 11.0. The highest BCUT2D eigenvalue weighted by atomic mass is 16.6. The number of nitrogens with zero attached hydrogens (tertiary/aromatic N) is 2. The molecule has 1 fully saturated rings. The first-order valence-corrected chi connectivity index (χ1v) is 8.70. The molecule has 1 saturated carbocycles. The highest BCUT2D eigenvalue weighted by molar-refractivity contribution is 5.79. The molecule has 25 heavy (non-hydrogen) atoms. The second-order valence-electron chi connectivity index (χ2n) is 6.00. The van der Waals surface area contributed by atoms with Gasteiger partial charge in [0.2, 0.25) is 0 Å². The van der Waals surface area contributed by atoms with Crippen molar-refractivity contribution in [1.29, 1.82) is 0 Å². The lowest BCUT2D eigenvalue weighted by atomic mass is 10.2. The van der Waals surface area contributed by atoms with E-state index in [0.29, 0.717) is 24.7 Å². The molecule has 0 radical (unpaired) electrons. The Kier molecular flexibility index (Phi) is 7.97. The fourth-order valence-corrected chi connectivity index (χ4v) is 2.30. The van der Waals surface area contributed by atoms with Gasteiger partial charge < -0.3 is 20.7 Å². The van der Waals surface area contributed by atoms with Crippen molar-refractivity contribution in [2.24, 2.45) is 10.9 Å². The van der Waals surface area contributed by atoms with Crippen LogP contribution in [-0.4, -0.2) is 50.8 Å². The van der Waals surface area contributed by atoms with Crippen molar-refractivity contribution in [3.63, 3.8) is 0 Å². The number of benzene rings is 1. The molecule has 1 aromatic rings. The van der Waals surface area contributed by atoms with Crippen molar-refractivity contribution in [2.45, 2.75) is 19.3 Å². The molecule has 0 aliphatic heterocycles. The first-order chi connectivity index (χ1) is 12.2. The molecule has 0 spiro atoms. The lowest BCUT2D eigenvalue weighted by Crippen LogP contribution is -2.40. The topological polar surface area (TPSA) is 101 Å². The molecule has 1 aliphatic carbocycles. The molecule has 0 saturated heterocycles. The van der Waals surface area contributed by atoms with Crippen LogP contribution in [-0.2, 0) is 4.74 Å². The first kappa shape index (κ1) is 19.0.